The summed E-state index contributed by atoms with van der Waals surface area (Å²) in [6.45, 7) is 6.70. The van der Waals surface area contributed by atoms with Crippen molar-refractivity contribution in [2.75, 3.05) is 11.9 Å². The molecule has 0 N–H and O–H groups in total. The zero-order valence-corrected chi connectivity index (χ0v) is 11.9. The van der Waals surface area contributed by atoms with E-state index in [2.05, 4.69) is 36.7 Å². The number of rotatable bonds is 4. The Morgan fingerprint density at radius 1 is 1.29 bits per heavy atom. The molecule has 0 saturated carbocycles. The highest BCUT2D eigenvalue weighted by Crippen LogP contribution is 2.28. The van der Waals surface area contributed by atoms with Crippen molar-refractivity contribution in [1.29, 1.82) is 0 Å². The van der Waals surface area contributed by atoms with E-state index in [1.54, 1.807) is 0 Å². The van der Waals surface area contributed by atoms with E-state index in [9.17, 15) is 8.78 Å². The number of alkyl halides is 1. The maximum absolute atomic E-state index is 13.3. The van der Waals surface area contributed by atoms with Crippen LogP contribution < -0.4 is 4.74 Å². The van der Waals surface area contributed by atoms with Crippen LogP contribution in [0.3, 0.4) is 0 Å². The fourth-order valence-electron chi connectivity index (χ4n) is 1.31. The molecule has 1 atom stereocenters. The van der Waals surface area contributed by atoms with E-state index in [0.717, 1.165) is 11.4 Å². The Balaban J connectivity index is 2.66. The quantitative estimate of drug-likeness (QED) is 0.749. The van der Waals surface area contributed by atoms with Gasteiger partial charge in [0.15, 0.2) is 11.6 Å². The lowest BCUT2D eigenvalue weighted by Crippen LogP contribution is -2.28. The molecule has 0 aliphatic heterocycles. The van der Waals surface area contributed by atoms with Crippen molar-refractivity contribution in [2.24, 2.45) is 11.3 Å². The molecule has 1 unspecified atom stereocenters. The summed E-state index contributed by atoms with van der Waals surface area (Å²) in [6.07, 6.45) is 0. The molecule has 0 aromatic heterocycles. The topological polar surface area (TPSA) is 9.23 Å². The van der Waals surface area contributed by atoms with Gasteiger partial charge >= 0.3 is 0 Å². The monoisotopic (exact) mass is 306 g/mol. The van der Waals surface area contributed by atoms with Gasteiger partial charge in [-0.3, -0.25) is 0 Å². The normalized spacial score (nSPS) is 13.5. The van der Waals surface area contributed by atoms with Crippen LogP contribution in [0.4, 0.5) is 8.78 Å². The smallest absolute Gasteiger partial charge is 0.167 e. The Kier molecular flexibility index (Phi) is 4.92. The molecule has 0 saturated heterocycles. The Bertz CT molecular complexity index is 374. The van der Waals surface area contributed by atoms with Crippen LogP contribution in [0.15, 0.2) is 18.2 Å². The van der Waals surface area contributed by atoms with E-state index >= 15 is 0 Å². The molecule has 0 amide bonds. The summed E-state index contributed by atoms with van der Waals surface area (Å²) >= 11 is 3.42. The molecular weight excluding hydrogens is 290 g/mol. The maximum atomic E-state index is 13.3. The first kappa shape index (κ1) is 14.4. The zero-order chi connectivity index (χ0) is 13.1. The lowest BCUT2D eigenvalue weighted by atomic mass is 9.83. The van der Waals surface area contributed by atoms with Gasteiger partial charge in [-0.25, -0.2) is 8.78 Å². The predicted octanol–water partition coefficient (Wildman–Crippen LogP) is 4.40. The Morgan fingerprint density at radius 2 is 1.94 bits per heavy atom. The van der Waals surface area contributed by atoms with Gasteiger partial charge in [0.2, 0.25) is 0 Å². The van der Waals surface area contributed by atoms with Crippen LogP contribution in [-0.2, 0) is 0 Å². The highest BCUT2D eigenvalue weighted by atomic mass is 79.9. The van der Waals surface area contributed by atoms with E-state index in [-0.39, 0.29) is 17.1 Å². The van der Waals surface area contributed by atoms with E-state index in [1.807, 2.05) is 0 Å². The molecule has 0 aliphatic carbocycles. The van der Waals surface area contributed by atoms with Gasteiger partial charge in [-0.15, -0.1) is 0 Å². The van der Waals surface area contributed by atoms with E-state index in [0.29, 0.717) is 6.61 Å². The number of hydrogen-bond donors (Lipinski definition) is 0. The second kappa shape index (κ2) is 5.80. The van der Waals surface area contributed by atoms with E-state index in [1.165, 1.54) is 12.1 Å². The molecule has 1 aromatic carbocycles. The van der Waals surface area contributed by atoms with Gasteiger partial charge < -0.3 is 4.74 Å². The van der Waals surface area contributed by atoms with Crippen molar-refractivity contribution in [1.82, 2.24) is 0 Å². The fraction of sp³-hybridized carbons (Fsp3) is 0.538. The van der Waals surface area contributed by atoms with E-state index in [4.69, 9.17) is 4.74 Å². The number of hydrogen-bond acceptors (Lipinski definition) is 1. The molecule has 0 bridgehead atoms. The molecule has 17 heavy (non-hydrogen) atoms. The van der Waals surface area contributed by atoms with Crippen LogP contribution in [-0.4, -0.2) is 11.9 Å². The van der Waals surface area contributed by atoms with Gasteiger partial charge in [0.05, 0.1) is 6.61 Å². The third kappa shape index (κ3) is 4.26. The molecule has 1 aromatic rings. The highest BCUT2D eigenvalue weighted by molar-refractivity contribution is 9.09. The van der Waals surface area contributed by atoms with Gasteiger partial charge in [-0.1, -0.05) is 36.7 Å². The lowest BCUT2D eigenvalue weighted by Gasteiger charge is -2.29. The van der Waals surface area contributed by atoms with Gasteiger partial charge in [0.1, 0.15) is 5.82 Å². The largest absolute Gasteiger partial charge is 0.490 e. The van der Waals surface area contributed by atoms with Gasteiger partial charge in [0, 0.05) is 17.3 Å². The fourth-order valence-corrected chi connectivity index (χ4v) is 2.47. The molecular formula is C13H17BrF2O. The van der Waals surface area contributed by atoms with Gasteiger partial charge in [-0.2, -0.15) is 0 Å². The van der Waals surface area contributed by atoms with Crippen molar-refractivity contribution in [3.8, 4) is 5.75 Å². The van der Waals surface area contributed by atoms with Crippen molar-refractivity contribution in [2.45, 2.75) is 20.8 Å². The van der Waals surface area contributed by atoms with Crippen LogP contribution in [0.5, 0.6) is 5.75 Å². The third-order valence-corrected chi connectivity index (χ3v) is 3.53. The second-order valence-corrected chi connectivity index (χ2v) is 5.75. The molecule has 4 heteroatoms. The first-order valence-electron chi connectivity index (χ1n) is 5.48. The average molecular weight is 307 g/mol. The molecule has 0 radical (unpaired) electrons. The van der Waals surface area contributed by atoms with Crippen molar-refractivity contribution in [3.05, 3.63) is 29.8 Å². The molecule has 96 valence electrons. The van der Waals surface area contributed by atoms with E-state index < -0.39 is 11.6 Å². The number of halogens is 3. The van der Waals surface area contributed by atoms with Crippen LogP contribution in [0.25, 0.3) is 0 Å². The minimum Gasteiger partial charge on any atom is -0.490 e. The molecule has 0 spiro atoms. The molecule has 0 aliphatic rings. The molecule has 1 nitrogen and oxygen atoms in total. The zero-order valence-electron chi connectivity index (χ0n) is 10.3. The van der Waals surface area contributed by atoms with Crippen LogP contribution in [0, 0.1) is 23.0 Å². The van der Waals surface area contributed by atoms with Gasteiger partial charge in [-0.05, 0) is 17.5 Å². The third-order valence-electron chi connectivity index (χ3n) is 2.74. The van der Waals surface area contributed by atoms with Crippen molar-refractivity contribution in [3.63, 3.8) is 0 Å². The molecule has 1 rings (SSSR count). The highest BCUT2D eigenvalue weighted by Gasteiger charge is 2.24. The van der Waals surface area contributed by atoms with Crippen molar-refractivity contribution >= 4 is 15.9 Å². The first-order chi connectivity index (χ1) is 7.84. The SMILES string of the molecule is CC(C)(C)C(CBr)COc1ccc(F)cc1F. The maximum Gasteiger partial charge on any atom is 0.167 e. The Hall–Kier alpha value is -0.640. The number of ether oxygens (including phenoxy) is 1. The summed E-state index contributed by atoms with van der Waals surface area (Å²) in [5, 5.41) is 0.777. The molecule has 0 heterocycles. The minimum atomic E-state index is -0.660. The summed E-state index contributed by atoms with van der Waals surface area (Å²) in [5.74, 6) is -0.900. The van der Waals surface area contributed by atoms with Crippen LogP contribution in [0.2, 0.25) is 0 Å². The van der Waals surface area contributed by atoms with Crippen LogP contribution in [0.1, 0.15) is 20.8 Å². The first-order valence-corrected chi connectivity index (χ1v) is 6.60. The number of benzene rings is 1. The second-order valence-electron chi connectivity index (χ2n) is 5.10. The predicted molar refractivity (Wildman–Crippen MR) is 68.6 cm³/mol. The summed E-state index contributed by atoms with van der Waals surface area (Å²) < 4.78 is 31.4. The van der Waals surface area contributed by atoms with Crippen LogP contribution >= 0.6 is 15.9 Å². The molecule has 0 fully saturated rings. The summed E-state index contributed by atoms with van der Waals surface area (Å²) in [7, 11) is 0. The average Bonchev–Trinajstić information content (AvgIpc) is 2.19. The van der Waals surface area contributed by atoms with Gasteiger partial charge in [0.25, 0.3) is 0 Å². The summed E-state index contributed by atoms with van der Waals surface area (Å²) in [5.41, 5.74) is 0.0695. The standard InChI is InChI=1S/C13H17BrF2O/c1-13(2,3)9(7-14)8-17-12-5-4-10(15)6-11(12)16/h4-6,9H,7-8H2,1-3H3. The lowest BCUT2D eigenvalue weighted by molar-refractivity contribution is 0.161. The van der Waals surface area contributed by atoms with Crippen molar-refractivity contribution < 1.29 is 13.5 Å². The Morgan fingerprint density at radius 3 is 2.41 bits per heavy atom. The minimum absolute atomic E-state index is 0.0695. The summed E-state index contributed by atoms with van der Waals surface area (Å²) in [4.78, 5) is 0. The summed E-state index contributed by atoms with van der Waals surface area (Å²) in [6, 6.07) is 3.34. The Labute approximate surface area is 109 Å².